The minimum Gasteiger partial charge on any atom is -0.472 e. The van der Waals surface area contributed by atoms with Crippen molar-refractivity contribution in [1.82, 2.24) is 5.32 Å². The zero-order chi connectivity index (χ0) is 17.0. The Morgan fingerprint density at radius 1 is 1.17 bits per heavy atom. The molecule has 2 aromatic heterocycles. The van der Waals surface area contributed by atoms with Crippen molar-refractivity contribution in [3.8, 4) is 0 Å². The lowest BCUT2D eigenvalue weighted by atomic mass is 9.93. The number of para-hydroxylation sites is 1. The monoisotopic (exact) mass is 326 g/mol. The van der Waals surface area contributed by atoms with Crippen molar-refractivity contribution in [2.45, 2.75) is 12.5 Å². The maximum atomic E-state index is 12.2. The van der Waals surface area contributed by atoms with E-state index in [2.05, 4.69) is 10.6 Å². The van der Waals surface area contributed by atoms with Crippen molar-refractivity contribution in [1.29, 1.82) is 0 Å². The Bertz CT molecular complexity index is 760. The van der Waals surface area contributed by atoms with Gasteiger partial charge in [0.15, 0.2) is 5.60 Å². The lowest BCUT2D eigenvalue weighted by molar-refractivity contribution is 0.0587. The highest BCUT2D eigenvalue weighted by atomic mass is 16.4. The summed E-state index contributed by atoms with van der Waals surface area (Å²) in [7, 11) is 0. The van der Waals surface area contributed by atoms with E-state index in [0.717, 1.165) is 5.56 Å². The van der Waals surface area contributed by atoms with Crippen LogP contribution in [-0.2, 0) is 5.60 Å². The molecule has 3 aromatic rings. The Morgan fingerprint density at radius 3 is 2.67 bits per heavy atom. The van der Waals surface area contributed by atoms with Gasteiger partial charge in [0.2, 0.25) is 0 Å². The van der Waals surface area contributed by atoms with Gasteiger partial charge in [0.05, 0.1) is 25.3 Å². The van der Waals surface area contributed by atoms with Crippen LogP contribution in [0.3, 0.4) is 0 Å². The smallest absolute Gasteiger partial charge is 0.319 e. The molecule has 0 aliphatic carbocycles. The van der Waals surface area contributed by atoms with Crippen molar-refractivity contribution in [3.05, 3.63) is 78.1 Å². The standard InChI is InChI=1S/C18H18N2O4/c1-13-5-2-3-6-15(13)20-17(21)19-12-18(22,14-8-10-23-11-14)16-7-4-9-24-16/h2-11,22H,12H2,1H3,(H2,19,20,21). The second-order valence-electron chi connectivity index (χ2n) is 5.47. The molecule has 2 amide bonds. The van der Waals surface area contributed by atoms with Gasteiger partial charge in [-0.15, -0.1) is 0 Å². The molecule has 1 aromatic carbocycles. The van der Waals surface area contributed by atoms with Crippen molar-refractivity contribution >= 4 is 11.7 Å². The van der Waals surface area contributed by atoms with Crippen LogP contribution in [0.1, 0.15) is 16.9 Å². The van der Waals surface area contributed by atoms with Crippen LogP contribution >= 0.6 is 0 Å². The molecule has 0 bridgehead atoms. The number of hydrogen-bond donors (Lipinski definition) is 3. The molecule has 0 aliphatic rings. The summed E-state index contributed by atoms with van der Waals surface area (Å²) in [5.74, 6) is 0.320. The molecule has 2 heterocycles. The van der Waals surface area contributed by atoms with Crippen LogP contribution < -0.4 is 10.6 Å². The molecule has 0 fully saturated rings. The number of hydrogen-bond acceptors (Lipinski definition) is 4. The highest BCUT2D eigenvalue weighted by molar-refractivity contribution is 5.90. The normalized spacial score (nSPS) is 13.2. The third kappa shape index (κ3) is 3.18. The average molecular weight is 326 g/mol. The summed E-state index contributed by atoms with van der Waals surface area (Å²) in [5.41, 5.74) is 0.636. The molecule has 1 unspecified atom stereocenters. The number of carbonyl (C=O) groups excluding carboxylic acids is 1. The first-order chi connectivity index (χ1) is 11.6. The molecule has 1 atom stereocenters. The van der Waals surface area contributed by atoms with Crippen molar-refractivity contribution in [2.24, 2.45) is 0 Å². The van der Waals surface area contributed by atoms with Crippen LogP contribution in [-0.4, -0.2) is 17.7 Å². The number of nitrogens with one attached hydrogen (secondary N) is 2. The molecule has 3 N–H and O–H groups in total. The Morgan fingerprint density at radius 2 is 2.00 bits per heavy atom. The second kappa shape index (κ2) is 6.64. The molecule has 6 heteroatoms. The minimum absolute atomic E-state index is 0.0717. The van der Waals surface area contributed by atoms with E-state index in [-0.39, 0.29) is 6.54 Å². The van der Waals surface area contributed by atoms with E-state index in [0.29, 0.717) is 17.0 Å². The Hall–Kier alpha value is -2.99. The molecule has 0 saturated heterocycles. The van der Waals surface area contributed by atoms with Gasteiger partial charge in [-0.25, -0.2) is 4.79 Å². The molecule has 24 heavy (non-hydrogen) atoms. The topological polar surface area (TPSA) is 87.6 Å². The van der Waals surface area contributed by atoms with E-state index >= 15 is 0 Å². The van der Waals surface area contributed by atoms with E-state index in [1.807, 2.05) is 31.2 Å². The van der Waals surface area contributed by atoms with E-state index in [9.17, 15) is 9.90 Å². The number of anilines is 1. The van der Waals surface area contributed by atoms with Crippen LogP contribution in [0.25, 0.3) is 0 Å². The highest BCUT2D eigenvalue weighted by Crippen LogP contribution is 2.29. The number of aliphatic hydroxyl groups is 1. The van der Waals surface area contributed by atoms with Gasteiger partial charge >= 0.3 is 6.03 Å². The fraction of sp³-hybridized carbons (Fsp3) is 0.167. The number of rotatable bonds is 5. The quantitative estimate of drug-likeness (QED) is 0.671. The van der Waals surface area contributed by atoms with Crippen LogP contribution in [0.15, 0.2) is 70.1 Å². The first-order valence-electron chi connectivity index (χ1n) is 7.49. The lowest BCUT2D eigenvalue weighted by Crippen LogP contribution is -2.42. The van der Waals surface area contributed by atoms with E-state index in [1.54, 1.807) is 18.2 Å². The van der Waals surface area contributed by atoms with Gasteiger partial charge in [0.25, 0.3) is 0 Å². The van der Waals surface area contributed by atoms with Crippen LogP contribution in [0.2, 0.25) is 0 Å². The van der Waals surface area contributed by atoms with Gasteiger partial charge in [0, 0.05) is 11.3 Å². The van der Waals surface area contributed by atoms with E-state index < -0.39 is 11.6 Å². The summed E-state index contributed by atoms with van der Waals surface area (Å²) in [6.07, 6.45) is 4.34. The molecule has 3 rings (SSSR count). The van der Waals surface area contributed by atoms with Gasteiger partial charge in [0.1, 0.15) is 5.76 Å². The zero-order valence-corrected chi connectivity index (χ0v) is 13.2. The highest BCUT2D eigenvalue weighted by Gasteiger charge is 2.36. The fourth-order valence-corrected chi connectivity index (χ4v) is 2.43. The summed E-state index contributed by atoms with van der Waals surface area (Å²) < 4.78 is 10.4. The molecule has 0 spiro atoms. The largest absolute Gasteiger partial charge is 0.472 e. The Balaban J connectivity index is 1.73. The maximum absolute atomic E-state index is 12.2. The van der Waals surface area contributed by atoms with Gasteiger partial charge in [-0.3, -0.25) is 0 Å². The third-order valence-electron chi connectivity index (χ3n) is 3.83. The molecular weight excluding hydrogens is 308 g/mol. The van der Waals surface area contributed by atoms with Crippen molar-refractivity contribution in [2.75, 3.05) is 11.9 Å². The first-order valence-corrected chi connectivity index (χ1v) is 7.49. The summed E-state index contributed by atoms with van der Waals surface area (Å²) in [6.45, 7) is 1.83. The molecule has 0 aliphatic heterocycles. The third-order valence-corrected chi connectivity index (χ3v) is 3.83. The number of benzene rings is 1. The lowest BCUT2D eigenvalue weighted by Gasteiger charge is -2.25. The molecular formula is C18H18N2O4. The van der Waals surface area contributed by atoms with Gasteiger partial charge < -0.3 is 24.6 Å². The molecule has 6 nitrogen and oxygen atoms in total. The van der Waals surface area contributed by atoms with Crippen molar-refractivity contribution in [3.63, 3.8) is 0 Å². The molecule has 124 valence electrons. The zero-order valence-electron chi connectivity index (χ0n) is 13.2. The van der Waals surface area contributed by atoms with Gasteiger partial charge in [-0.05, 0) is 36.8 Å². The van der Waals surface area contributed by atoms with Gasteiger partial charge in [-0.2, -0.15) is 0 Å². The van der Waals surface area contributed by atoms with Crippen LogP contribution in [0.5, 0.6) is 0 Å². The summed E-state index contributed by atoms with van der Waals surface area (Å²) in [6, 6.07) is 12.0. The fourth-order valence-electron chi connectivity index (χ4n) is 2.43. The predicted molar refractivity (Wildman–Crippen MR) is 88.6 cm³/mol. The summed E-state index contributed by atoms with van der Waals surface area (Å²) >= 11 is 0. The van der Waals surface area contributed by atoms with E-state index in [1.165, 1.54) is 18.8 Å². The Labute approximate surface area is 139 Å². The summed E-state index contributed by atoms with van der Waals surface area (Å²) in [5, 5.41) is 16.4. The van der Waals surface area contributed by atoms with Crippen LogP contribution in [0, 0.1) is 6.92 Å². The molecule has 0 radical (unpaired) electrons. The SMILES string of the molecule is Cc1ccccc1NC(=O)NCC(O)(c1ccoc1)c1ccco1. The number of carbonyl (C=O) groups is 1. The summed E-state index contributed by atoms with van der Waals surface area (Å²) in [4.78, 5) is 12.2. The Kier molecular flexibility index (Phi) is 4.39. The first kappa shape index (κ1) is 15.9. The second-order valence-corrected chi connectivity index (χ2v) is 5.47. The predicted octanol–water partition coefficient (Wildman–Crippen LogP) is 3.24. The van der Waals surface area contributed by atoms with E-state index in [4.69, 9.17) is 8.83 Å². The number of amides is 2. The molecule has 0 saturated carbocycles. The number of aryl methyl sites for hydroxylation is 1. The minimum atomic E-state index is -1.51. The maximum Gasteiger partial charge on any atom is 0.319 e. The average Bonchev–Trinajstić information content (AvgIpc) is 3.28. The number of urea groups is 1. The number of furan rings is 2. The van der Waals surface area contributed by atoms with Crippen molar-refractivity contribution < 1.29 is 18.7 Å². The van der Waals surface area contributed by atoms with Gasteiger partial charge in [-0.1, -0.05) is 18.2 Å². The van der Waals surface area contributed by atoms with Crippen LogP contribution in [0.4, 0.5) is 10.5 Å².